The van der Waals surface area contributed by atoms with E-state index in [9.17, 15) is 4.79 Å². The minimum atomic E-state index is 0.0317. The van der Waals surface area contributed by atoms with Crippen LogP contribution in [0, 0.1) is 0 Å². The van der Waals surface area contributed by atoms with Crippen LogP contribution in [0.5, 0.6) is 0 Å². The number of pyridine rings is 1. The smallest absolute Gasteiger partial charge is 0.253 e. The van der Waals surface area contributed by atoms with Gasteiger partial charge in [-0.2, -0.15) is 0 Å². The SMILES string of the molecule is O=C(c1ccnc(Cc2ccccc2)c1)N1CCCC(c2ncc(Cc3ccccc3Cl)o2)C1. The molecule has 1 atom stereocenters. The predicted octanol–water partition coefficient (Wildman–Crippen LogP) is 5.92. The zero-order valence-electron chi connectivity index (χ0n) is 18.9. The molecule has 0 bridgehead atoms. The minimum absolute atomic E-state index is 0.0317. The van der Waals surface area contributed by atoms with Crippen molar-refractivity contribution in [3.05, 3.63) is 118 Å². The monoisotopic (exact) mass is 471 g/mol. The first kappa shape index (κ1) is 22.4. The Morgan fingerprint density at radius 1 is 1.03 bits per heavy atom. The highest BCUT2D eigenvalue weighted by atomic mass is 35.5. The van der Waals surface area contributed by atoms with E-state index in [4.69, 9.17) is 16.0 Å². The Labute approximate surface area is 204 Å². The molecule has 0 spiro atoms. The number of carbonyl (C=O) groups excluding carboxylic acids is 1. The van der Waals surface area contributed by atoms with Crippen molar-refractivity contribution in [2.75, 3.05) is 13.1 Å². The van der Waals surface area contributed by atoms with E-state index < -0.39 is 0 Å². The van der Waals surface area contributed by atoms with Crippen molar-refractivity contribution < 1.29 is 9.21 Å². The summed E-state index contributed by atoms with van der Waals surface area (Å²) < 4.78 is 6.08. The van der Waals surface area contributed by atoms with E-state index in [1.807, 2.05) is 53.4 Å². The van der Waals surface area contributed by atoms with Crippen LogP contribution in [0.3, 0.4) is 0 Å². The standard InChI is InChI=1S/C28H26ClN3O2/c29-26-11-5-4-9-21(26)17-25-18-31-27(34-25)23-10-6-14-32(19-23)28(33)22-12-13-30-24(16-22)15-20-7-2-1-3-8-20/h1-5,7-9,11-13,16,18,23H,6,10,14-15,17,19H2. The number of likely N-dealkylation sites (tertiary alicyclic amines) is 1. The van der Waals surface area contributed by atoms with Gasteiger partial charge in [0.2, 0.25) is 0 Å². The molecule has 3 heterocycles. The van der Waals surface area contributed by atoms with Crippen molar-refractivity contribution in [3.63, 3.8) is 0 Å². The summed E-state index contributed by atoms with van der Waals surface area (Å²) in [7, 11) is 0. The molecule has 0 saturated carbocycles. The third-order valence-electron chi connectivity index (χ3n) is 6.24. The van der Waals surface area contributed by atoms with Crippen molar-refractivity contribution in [1.82, 2.24) is 14.9 Å². The highest BCUT2D eigenvalue weighted by molar-refractivity contribution is 6.31. The molecule has 1 aliphatic rings. The third-order valence-corrected chi connectivity index (χ3v) is 6.61. The molecule has 4 aromatic rings. The summed E-state index contributed by atoms with van der Waals surface area (Å²) in [5.41, 5.74) is 3.75. The molecule has 5 nitrogen and oxygen atoms in total. The van der Waals surface area contributed by atoms with Crippen LogP contribution < -0.4 is 0 Å². The van der Waals surface area contributed by atoms with Gasteiger partial charge in [0.1, 0.15) is 5.76 Å². The Bertz CT molecular complexity index is 1270. The Morgan fingerprint density at radius 2 is 1.85 bits per heavy atom. The molecule has 1 amide bonds. The van der Waals surface area contributed by atoms with Crippen LogP contribution >= 0.6 is 11.6 Å². The fourth-order valence-electron chi connectivity index (χ4n) is 4.48. The Hall–Kier alpha value is -3.44. The topological polar surface area (TPSA) is 59.2 Å². The lowest BCUT2D eigenvalue weighted by atomic mass is 9.97. The summed E-state index contributed by atoms with van der Waals surface area (Å²) >= 11 is 6.29. The van der Waals surface area contributed by atoms with Crippen molar-refractivity contribution in [2.24, 2.45) is 0 Å². The van der Waals surface area contributed by atoms with Crippen LogP contribution in [0.4, 0.5) is 0 Å². The maximum absolute atomic E-state index is 13.3. The van der Waals surface area contributed by atoms with E-state index in [-0.39, 0.29) is 11.8 Å². The number of piperidine rings is 1. The number of oxazole rings is 1. The van der Waals surface area contributed by atoms with Gasteiger partial charge < -0.3 is 9.32 Å². The predicted molar refractivity (Wildman–Crippen MR) is 132 cm³/mol. The average Bonchev–Trinajstić information content (AvgIpc) is 3.35. The third kappa shape index (κ3) is 5.20. The second-order valence-corrected chi connectivity index (χ2v) is 9.13. The van der Waals surface area contributed by atoms with Gasteiger partial charge in [0.25, 0.3) is 5.91 Å². The highest BCUT2D eigenvalue weighted by Gasteiger charge is 2.28. The Kier molecular flexibility index (Phi) is 6.72. The number of halogens is 1. The summed E-state index contributed by atoms with van der Waals surface area (Å²) in [5, 5.41) is 0.721. The number of hydrogen-bond acceptors (Lipinski definition) is 4. The van der Waals surface area contributed by atoms with Crippen LogP contribution in [0.2, 0.25) is 5.02 Å². The molecule has 34 heavy (non-hydrogen) atoms. The number of benzene rings is 2. The van der Waals surface area contributed by atoms with Crippen LogP contribution in [0.25, 0.3) is 0 Å². The van der Waals surface area contributed by atoms with Gasteiger partial charge in [0.05, 0.1) is 12.1 Å². The maximum atomic E-state index is 13.3. The lowest BCUT2D eigenvalue weighted by Gasteiger charge is -2.31. The van der Waals surface area contributed by atoms with Crippen LogP contribution in [0.15, 0.2) is 83.5 Å². The second kappa shape index (κ2) is 10.2. The molecule has 1 aliphatic heterocycles. The van der Waals surface area contributed by atoms with E-state index >= 15 is 0 Å². The molecule has 2 aromatic heterocycles. The summed E-state index contributed by atoms with van der Waals surface area (Å²) in [4.78, 5) is 24.2. The molecular weight excluding hydrogens is 446 g/mol. The maximum Gasteiger partial charge on any atom is 0.253 e. The van der Waals surface area contributed by atoms with Crippen molar-refractivity contribution in [2.45, 2.75) is 31.6 Å². The molecule has 0 N–H and O–H groups in total. The molecule has 2 aromatic carbocycles. The van der Waals surface area contributed by atoms with Crippen LogP contribution in [-0.2, 0) is 12.8 Å². The summed E-state index contributed by atoms with van der Waals surface area (Å²) in [6.45, 7) is 1.33. The zero-order chi connectivity index (χ0) is 23.3. The minimum Gasteiger partial charge on any atom is -0.445 e. The van der Waals surface area contributed by atoms with Crippen LogP contribution in [0.1, 0.15) is 57.6 Å². The quantitative estimate of drug-likeness (QED) is 0.350. The van der Waals surface area contributed by atoms with Gasteiger partial charge in [-0.3, -0.25) is 9.78 Å². The van der Waals surface area contributed by atoms with E-state index in [1.165, 1.54) is 5.56 Å². The molecule has 1 fully saturated rings. The lowest BCUT2D eigenvalue weighted by molar-refractivity contribution is 0.0697. The number of aromatic nitrogens is 2. The molecule has 6 heteroatoms. The van der Waals surface area contributed by atoms with Gasteiger partial charge in [-0.15, -0.1) is 0 Å². The molecule has 1 unspecified atom stereocenters. The fraction of sp³-hybridized carbons (Fsp3) is 0.250. The summed E-state index contributed by atoms with van der Waals surface area (Å²) in [6, 6.07) is 21.6. The van der Waals surface area contributed by atoms with E-state index in [1.54, 1.807) is 18.5 Å². The highest BCUT2D eigenvalue weighted by Crippen LogP contribution is 2.29. The molecule has 0 radical (unpaired) electrons. The first-order valence-corrected chi connectivity index (χ1v) is 12.0. The number of rotatable bonds is 6. The van der Waals surface area contributed by atoms with Crippen molar-refractivity contribution >= 4 is 17.5 Å². The van der Waals surface area contributed by atoms with E-state index in [0.717, 1.165) is 41.4 Å². The van der Waals surface area contributed by atoms with Gasteiger partial charge in [0, 0.05) is 48.4 Å². The fourth-order valence-corrected chi connectivity index (χ4v) is 4.68. The molecule has 0 aliphatic carbocycles. The van der Waals surface area contributed by atoms with E-state index in [0.29, 0.717) is 30.8 Å². The van der Waals surface area contributed by atoms with Crippen LogP contribution in [-0.4, -0.2) is 33.9 Å². The van der Waals surface area contributed by atoms with Gasteiger partial charge in [0.15, 0.2) is 5.89 Å². The molecule has 172 valence electrons. The molecule has 5 rings (SSSR count). The average molecular weight is 472 g/mol. The summed E-state index contributed by atoms with van der Waals surface area (Å²) in [5.74, 6) is 1.60. The molecular formula is C28H26ClN3O2. The van der Waals surface area contributed by atoms with Gasteiger partial charge in [-0.05, 0) is 42.2 Å². The van der Waals surface area contributed by atoms with Crippen molar-refractivity contribution in [3.8, 4) is 0 Å². The Balaban J connectivity index is 1.26. The second-order valence-electron chi connectivity index (χ2n) is 8.72. The normalized spacial score (nSPS) is 15.9. The van der Waals surface area contributed by atoms with Gasteiger partial charge in [-0.1, -0.05) is 60.1 Å². The zero-order valence-corrected chi connectivity index (χ0v) is 19.6. The first-order chi connectivity index (χ1) is 16.7. The number of nitrogens with zero attached hydrogens (tertiary/aromatic N) is 3. The number of carbonyl (C=O) groups is 1. The summed E-state index contributed by atoms with van der Waals surface area (Å²) in [6.07, 6.45) is 6.67. The van der Waals surface area contributed by atoms with E-state index in [2.05, 4.69) is 22.1 Å². The largest absolute Gasteiger partial charge is 0.445 e. The number of hydrogen-bond donors (Lipinski definition) is 0. The van der Waals surface area contributed by atoms with Gasteiger partial charge >= 0.3 is 0 Å². The number of amides is 1. The Morgan fingerprint density at radius 3 is 2.71 bits per heavy atom. The van der Waals surface area contributed by atoms with Gasteiger partial charge in [-0.25, -0.2) is 4.98 Å². The molecule has 1 saturated heterocycles. The first-order valence-electron chi connectivity index (χ1n) is 11.6. The van der Waals surface area contributed by atoms with Crippen molar-refractivity contribution in [1.29, 1.82) is 0 Å². The lowest BCUT2D eigenvalue weighted by Crippen LogP contribution is -2.39.